The molecule has 0 aliphatic carbocycles. The number of ether oxygens (including phenoxy) is 1. The Morgan fingerprint density at radius 3 is 2.62 bits per heavy atom. The molecule has 4 heteroatoms. The summed E-state index contributed by atoms with van der Waals surface area (Å²) in [5.74, 6) is 0.370. The van der Waals surface area contributed by atoms with E-state index in [0.717, 1.165) is 25.9 Å². The Bertz CT molecular complexity index is 184. The number of amides is 1. The molecule has 0 aliphatic heterocycles. The lowest BCUT2D eigenvalue weighted by atomic mass is 10.0. The highest BCUT2D eigenvalue weighted by Gasteiger charge is 2.13. The molecule has 0 rings (SSSR count). The predicted molar refractivity (Wildman–Crippen MR) is 66.2 cm³/mol. The summed E-state index contributed by atoms with van der Waals surface area (Å²) in [5.41, 5.74) is 5.73. The fourth-order valence-corrected chi connectivity index (χ4v) is 1.34. The molecule has 0 aromatic rings. The second kappa shape index (κ2) is 9.60. The maximum absolute atomic E-state index is 11.5. The average Bonchev–Trinajstić information content (AvgIpc) is 2.21. The van der Waals surface area contributed by atoms with Gasteiger partial charge in [0.05, 0.1) is 12.6 Å². The quantitative estimate of drug-likeness (QED) is 0.587. The third-order valence-corrected chi connectivity index (χ3v) is 2.25. The second-order valence-corrected chi connectivity index (χ2v) is 4.49. The molecular weight excluding hydrogens is 204 g/mol. The van der Waals surface area contributed by atoms with Crippen LogP contribution < -0.4 is 11.1 Å². The van der Waals surface area contributed by atoms with Crippen molar-refractivity contribution >= 4 is 5.91 Å². The molecule has 0 heterocycles. The Hall–Kier alpha value is -0.610. The summed E-state index contributed by atoms with van der Waals surface area (Å²) >= 11 is 0. The maximum atomic E-state index is 11.5. The number of rotatable bonds is 9. The zero-order valence-electron chi connectivity index (χ0n) is 10.8. The van der Waals surface area contributed by atoms with Crippen molar-refractivity contribution in [1.82, 2.24) is 5.32 Å². The van der Waals surface area contributed by atoms with Crippen molar-refractivity contribution in [3.05, 3.63) is 0 Å². The van der Waals surface area contributed by atoms with Crippen molar-refractivity contribution in [2.45, 2.75) is 46.1 Å². The summed E-state index contributed by atoms with van der Waals surface area (Å²) in [4.78, 5) is 11.5. The number of carbonyl (C=O) groups excluding carboxylic acids is 1. The first kappa shape index (κ1) is 15.4. The number of nitrogens with two attached hydrogens (primary N) is 1. The maximum Gasteiger partial charge on any atom is 0.237 e. The van der Waals surface area contributed by atoms with Crippen LogP contribution in [0.2, 0.25) is 0 Å². The second-order valence-electron chi connectivity index (χ2n) is 4.49. The molecule has 0 saturated heterocycles. The third-order valence-electron chi connectivity index (χ3n) is 2.25. The third kappa shape index (κ3) is 8.68. The van der Waals surface area contributed by atoms with Crippen LogP contribution in [0, 0.1) is 5.92 Å². The molecule has 0 aromatic heterocycles. The standard InChI is InChI=1S/C12H26N2O2/c1-4-5-7-16-8-6-14-12(15)11(13)9-10(2)3/h10-11H,4-9,13H2,1-3H3,(H,14,15)/t11-/m1/s1. The minimum absolute atomic E-state index is 0.0761. The number of nitrogens with one attached hydrogen (secondary N) is 1. The van der Waals surface area contributed by atoms with E-state index < -0.39 is 6.04 Å². The largest absolute Gasteiger partial charge is 0.380 e. The number of unbranched alkanes of at least 4 members (excludes halogenated alkanes) is 1. The van der Waals surface area contributed by atoms with Gasteiger partial charge < -0.3 is 15.8 Å². The molecular formula is C12H26N2O2. The molecule has 0 fully saturated rings. The summed E-state index contributed by atoms with van der Waals surface area (Å²) in [6.45, 7) is 8.12. The van der Waals surface area contributed by atoms with E-state index >= 15 is 0 Å². The van der Waals surface area contributed by atoms with Gasteiger partial charge in [-0.2, -0.15) is 0 Å². The number of hydrogen-bond acceptors (Lipinski definition) is 3. The molecule has 96 valence electrons. The SMILES string of the molecule is CCCCOCCNC(=O)[C@H](N)CC(C)C. The Balaban J connectivity index is 3.42. The van der Waals surface area contributed by atoms with E-state index in [0.29, 0.717) is 19.1 Å². The topological polar surface area (TPSA) is 64.3 Å². The van der Waals surface area contributed by atoms with Crippen LogP contribution in [-0.2, 0) is 9.53 Å². The molecule has 1 amide bonds. The van der Waals surface area contributed by atoms with E-state index in [4.69, 9.17) is 10.5 Å². The van der Waals surface area contributed by atoms with Gasteiger partial charge in [-0.3, -0.25) is 4.79 Å². The van der Waals surface area contributed by atoms with Crippen LogP contribution in [0.4, 0.5) is 0 Å². The zero-order valence-corrected chi connectivity index (χ0v) is 10.8. The van der Waals surface area contributed by atoms with Crippen LogP contribution in [0.15, 0.2) is 0 Å². The van der Waals surface area contributed by atoms with Gasteiger partial charge in [0.1, 0.15) is 0 Å². The summed E-state index contributed by atoms with van der Waals surface area (Å²) in [7, 11) is 0. The van der Waals surface area contributed by atoms with E-state index in [1.165, 1.54) is 0 Å². The Morgan fingerprint density at radius 1 is 1.38 bits per heavy atom. The first-order chi connectivity index (χ1) is 7.57. The van der Waals surface area contributed by atoms with E-state index in [9.17, 15) is 4.79 Å². The highest BCUT2D eigenvalue weighted by molar-refractivity contribution is 5.81. The van der Waals surface area contributed by atoms with Gasteiger partial charge in [-0.05, 0) is 18.8 Å². The first-order valence-corrected chi connectivity index (χ1v) is 6.19. The molecule has 0 spiro atoms. The van der Waals surface area contributed by atoms with E-state index in [2.05, 4.69) is 26.1 Å². The van der Waals surface area contributed by atoms with Gasteiger partial charge in [-0.15, -0.1) is 0 Å². The van der Waals surface area contributed by atoms with Gasteiger partial charge in [-0.1, -0.05) is 27.2 Å². The Kier molecular flexibility index (Phi) is 9.24. The molecule has 0 saturated carbocycles. The Labute approximate surface area is 98.9 Å². The van der Waals surface area contributed by atoms with Crippen molar-refractivity contribution in [3.8, 4) is 0 Å². The molecule has 3 N–H and O–H groups in total. The predicted octanol–water partition coefficient (Wildman–Crippen LogP) is 1.29. The smallest absolute Gasteiger partial charge is 0.237 e. The van der Waals surface area contributed by atoms with Crippen molar-refractivity contribution in [2.24, 2.45) is 11.7 Å². The van der Waals surface area contributed by atoms with Crippen molar-refractivity contribution in [3.63, 3.8) is 0 Å². The van der Waals surface area contributed by atoms with Gasteiger partial charge in [0, 0.05) is 13.2 Å². The molecule has 0 aliphatic rings. The Morgan fingerprint density at radius 2 is 2.06 bits per heavy atom. The molecule has 0 radical (unpaired) electrons. The van der Waals surface area contributed by atoms with Crippen molar-refractivity contribution in [1.29, 1.82) is 0 Å². The highest BCUT2D eigenvalue weighted by atomic mass is 16.5. The summed E-state index contributed by atoms with van der Waals surface area (Å²) in [5, 5.41) is 2.78. The first-order valence-electron chi connectivity index (χ1n) is 6.19. The minimum Gasteiger partial charge on any atom is -0.380 e. The average molecular weight is 230 g/mol. The van der Waals surface area contributed by atoms with E-state index in [1.54, 1.807) is 0 Å². The minimum atomic E-state index is -0.393. The van der Waals surface area contributed by atoms with E-state index in [1.807, 2.05) is 0 Å². The lowest BCUT2D eigenvalue weighted by Crippen LogP contribution is -2.42. The zero-order chi connectivity index (χ0) is 12.4. The summed E-state index contributed by atoms with van der Waals surface area (Å²) in [6.07, 6.45) is 2.93. The van der Waals surface area contributed by atoms with Gasteiger partial charge >= 0.3 is 0 Å². The lowest BCUT2D eigenvalue weighted by molar-refractivity contribution is -0.122. The van der Waals surface area contributed by atoms with Gasteiger partial charge in [-0.25, -0.2) is 0 Å². The highest BCUT2D eigenvalue weighted by Crippen LogP contribution is 2.02. The fraction of sp³-hybridized carbons (Fsp3) is 0.917. The van der Waals surface area contributed by atoms with Crippen LogP contribution in [0.25, 0.3) is 0 Å². The molecule has 16 heavy (non-hydrogen) atoms. The van der Waals surface area contributed by atoms with Crippen LogP contribution >= 0.6 is 0 Å². The van der Waals surface area contributed by atoms with Crippen molar-refractivity contribution < 1.29 is 9.53 Å². The summed E-state index contributed by atoms with van der Waals surface area (Å²) in [6, 6.07) is -0.393. The van der Waals surface area contributed by atoms with Crippen LogP contribution in [-0.4, -0.2) is 31.7 Å². The monoisotopic (exact) mass is 230 g/mol. The van der Waals surface area contributed by atoms with Crippen LogP contribution in [0.5, 0.6) is 0 Å². The summed E-state index contributed by atoms with van der Waals surface area (Å²) < 4.78 is 5.33. The number of hydrogen-bond donors (Lipinski definition) is 2. The van der Waals surface area contributed by atoms with Crippen LogP contribution in [0.1, 0.15) is 40.0 Å². The van der Waals surface area contributed by atoms with E-state index in [-0.39, 0.29) is 5.91 Å². The fourth-order valence-electron chi connectivity index (χ4n) is 1.34. The molecule has 1 atom stereocenters. The normalized spacial score (nSPS) is 12.8. The van der Waals surface area contributed by atoms with Gasteiger partial charge in [0.15, 0.2) is 0 Å². The van der Waals surface area contributed by atoms with Crippen LogP contribution in [0.3, 0.4) is 0 Å². The lowest BCUT2D eigenvalue weighted by Gasteiger charge is -2.14. The van der Waals surface area contributed by atoms with Crippen molar-refractivity contribution in [2.75, 3.05) is 19.8 Å². The number of carbonyl (C=O) groups is 1. The molecule has 0 aromatic carbocycles. The van der Waals surface area contributed by atoms with Gasteiger partial charge in [0.25, 0.3) is 0 Å². The molecule has 0 unspecified atom stereocenters. The van der Waals surface area contributed by atoms with Gasteiger partial charge in [0.2, 0.25) is 5.91 Å². The molecule has 0 bridgehead atoms. The molecule has 4 nitrogen and oxygen atoms in total.